The van der Waals surface area contributed by atoms with Gasteiger partial charge in [-0.15, -0.1) is 0 Å². The molecule has 94 valence electrons. The van der Waals surface area contributed by atoms with E-state index in [0.717, 1.165) is 24.3 Å². The lowest BCUT2D eigenvalue weighted by atomic mass is 10.1. The van der Waals surface area contributed by atoms with Crippen LogP contribution in [-0.4, -0.2) is 24.2 Å². The second-order valence-electron chi connectivity index (χ2n) is 4.30. The van der Waals surface area contributed by atoms with Crippen molar-refractivity contribution in [1.82, 2.24) is 5.32 Å². The largest absolute Gasteiger partial charge is 0.396 e. The number of hydrogen-bond acceptors (Lipinski definition) is 3. The summed E-state index contributed by atoms with van der Waals surface area (Å²) in [6.45, 7) is 5.25. The molecule has 1 amide bonds. The van der Waals surface area contributed by atoms with Gasteiger partial charge in [0.05, 0.1) is 0 Å². The molecule has 0 fully saturated rings. The third-order valence-electron chi connectivity index (χ3n) is 2.41. The first-order valence-corrected chi connectivity index (χ1v) is 5.80. The number of nitrogens with one attached hydrogen (secondary N) is 2. The molecule has 0 aliphatic heterocycles. The van der Waals surface area contributed by atoms with Crippen LogP contribution >= 0.6 is 0 Å². The Bertz CT molecular complexity index is 349. The second kappa shape index (κ2) is 7.04. The van der Waals surface area contributed by atoms with Crippen molar-refractivity contribution in [1.29, 1.82) is 0 Å². The van der Waals surface area contributed by atoms with Crippen molar-refractivity contribution < 1.29 is 9.90 Å². The Balaban J connectivity index is 2.37. The van der Waals surface area contributed by atoms with Crippen LogP contribution in [0.4, 0.5) is 5.69 Å². The minimum Gasteiger partial charge on any atom is -0.396 e. The molecule has 0 bridgehead atoms. The average molecular weight is 236 g/mol. The lowest BCUT2D eigenvalue weighted by Crippen LogP contribution is -2.22. The van der Waals surface area contributed by atoms with Crippen LogP contribution in [0.1, 0.15) is 19.4 Å². The summed E-state index contributed by atoms with van der Waals surface area (Å²) in [5.41, 5.74) is 1.97. The van der Waals surface area contributed by atoms with Gasteiger partial charge in [-0.1, -0.05) is 19.1 Å². The van der Waals surface area contributed by atoms with Crippen molar-refractivity contribution in [2.75, 3.05) is 18.5 Å². The standard InChI is InChI=1S/C13H20N2O2/c1-10(9-16)7-14-8-12-3-5-13(6-4-12)15-11(2)17/h3-6,10,14,16H,7-9H2,1-2H3,(H,15,17). The number of anilines is 1. The van der Waals surface area contributed by atoms with Crippen molar-refractivity contribution >= 4 is 11.6 Å². The molecule has 3 N–H and O–H groups in total. The molecular weight excluding hydrogens is 216 g/mol. The SMILES string of the molecule is CC(=O)Nc1ccc(CNCC(C)CO)cc1. The van der Waals surface area contributed by atoms with Crippen LogP contribution in [0.15, 0.2) is 24.3 Å². The van der Waals surface area contributed by atoms with Crippen molar-refractivity contribution in [3.8, 4) is 0 Å². The monoisotopic (exact) mass is 236 g/mol. The van der Waals surface area contributed by atoms with E-state index < -0.39 is 0 Å². The van der Waals surface area contributed by atoms with Gasteiger partial charge in [-0.3, -0.25) is 4.79 Å². The number of aliphatic hydroxyl groups excluding tert-OH is 1. The molecule has 0 aromatic heterocycles. The highest BCUT2D eigenvalue weighted by atomic mass is 16.3. The van der Waals surface area contributed by atoms with Gasteiger partial charge in [0.2, 0.25) is 5.91 Å². The first-order chi connectivity index (χ1) is 8.11. The van der Waals surface area contributed by atoms with Gasteiger partial charge in [-0.05, 0) is 23.6 Å². The van der Waals surface area contributed by atoms with Crippen molar-refractivity contribution in [2.24, 2.45) is 5.92 Å². The Labute approximate surface area is 102 Å². The van der Waals surface area contributed by atoms with Crippen LogP contribution < -0.4 is 10.6 Å². The predicted molar refractivity (Wildman–Crippen MR) is 68.7 cm³/mol. The highest BCUT2D eigenvalue weighted by Gasteiger charge is 1.99. The molecule has 0 heterocycles. The number of rotatable bonds is 6. The summed E-state index contributed by atoms with van der Waals surface area (Å²) in [5, 5.41) is 14.9. The smallest absolute Gasteiger partial charge is 0.221 e. The van der Waals surface area contributed by atoms with Crippen molar-refractivity contribution in [2.45, 2.75) is 20.4 Å². The van der Waals surface area contributed by atoms with Gasteiger partial charge in [0.15, 0.2) is 0 Å². The van der Waals surface area contributed by atoms with E-state index in [1.807, 2.05) is 31.2 Å². The van der Waals surface area contributed by atoms with Gasteiger partial charge in [0.25, 0.3) is 0 Å². The van der Waals surface area contributed by atoms with E-state index in [1.165, 1.54) is 6.92 Å². The molecule has 0 aliphatic carbocycles. The normalized spacial score (nSPS) is 12.2. The molecule has 0 spiro atoms. The van der Waals surface area contributed by atoms with Crippen LogP contribution in [-0.2, 0) is 11.3 Å². The van der Waals surface area contributed by atoms with E-state index in [4.69, 9.17) is 5.11 Å². The number of carbonyl (C=O) groups excluding carboxylic acids is 1. The molecular formula is C13H20N2O2. The molecule has 0 saturated carbocycles. The maximum absolute atomic E-state index is 10.8. The summed E-state index contributed by atoms with van der Waals surface area (Å²) in [4.78, 5) is 10.8. The Morgan fingerprint density at radius 3 is 2.53 bits per heavy atom. The Morgan fingerprint density at radius 1 is 1.35 bits per heavy atom. The Morgan fingerprint density at radius 2 is 2.00 bits per heavy atom. The minimum atomic E-state index is -0.0624. The Hall–Kier alpha value is -1.39. The number of aliphatic hydroxyl groups is 1. The van der Waals surface area contributed by atoms with E-state index in [0.29, 0.717) is 0 Å². The van der Waals surface area contributed by atoms with E-state index in [1.54, 1.807) is 0 Å². The van der Waals surface area contributed by atoms with E-state index in [9.17, 15) is 4.79 Å². The highest BCUT2D eigenvalue weighted by Crippen LogP contribution is 2.09. The Kier molecular flexibility index (Phi) is 5.66. The number of benzene rings is 1. The molecule has 0 aliphatic rings. The predicted octanol–water partition coefficient (Wildman–Crippen LogP) is 1.36. The van der Waals surface area contributed by atoms with Crippen LogP contribution in [0.25, 0.3) is 0 Å². The first kappa shape index (κ1) is 13.7. The lowest BCUT2D eigenvalue weighted by Gasteiger charge is -2.10. The maximum Gasteiger partial charge on any atom is 0.221 e. The zero-order valence-electron chi connectivity index (χ0n) is 10.4. The summed E-state index contributed by atoms with van der Waals surface area (Å²) in [6, 6.07) is 7.71. The van der Waals surface area contributed by atoms with E-state index in [2.05, 4.69) is 10.6 Å². The molecule has 0 radical (unpaired) electrons. The van der Waals surface area contributed by atoms with Crippen LogP contribution in [0.2, 0.25) is 0 Å². The van der Waals surface area contributed by atoms with E-state index in [-0.39, 0.29) is 18.4 Å². The molecule has 4 nitrogen and oxygen atoms in total. The second-order valence-corrected chi connectivity index (χ2v) is 4.30. The molecule has 1 unspecified atom stereocenters. The van der Waals surface area contributed by atoms with Gasteiger partial charge in [0.1, 0.15) is 0 Å². The zero-order chi connectivity index (χ0) is 12.7. The van der Waals surface area contributed by atoms with Crippen molar-refractivity contribution in [3.63, 3.8) is 0 Å². The number of carbonyl (C=O) groups is 1. The third-order valence-corrected chi connectivity index (χ3v) is 2.41. The summed E-state index contributed by atoms with van der Waals surface area (Å²) in [7, 11) is 0. The summed E-state index contributed by atoms with van der Waals surface area (Å²) in [6.07, 6.45) is 0. The fourth-order valence-corrected chi connectivity index (χ4v) is 1.44. The topological polar surface area (TPSA) is 61.4 Å². The van der Waals surface area contributed by atoms with Gasteiger partial charge in [-0.2, -0.15) is 0 Å². The summed E-state index contributed by atoms with van der Waals surface area (Å²) in [5.74, 6) is 0.210. The van der Waals surface area contributed by atoms with E-state index >= 15 is 0 Å². The summed E-state index contributed by atoms with van der Waals surface area (Å²) < 4.78 is 0. The van der Waals surface area contributed by atoms with Crippen LogP contribution in [0.3, 0.4) is 0 Å². The number of hydrogen-bond donors (Lipinski definition) is 3. The molecule has 1 rings (SSSR count). The highest BCUT2D eigenvalue weighted by molar-refractivity contribution is 5.88. The fourth-order valence-electron chi connectivity index (χ4n) is 1.44. The average Bonchev–Trinajstić information content (AvgIpc) is 2.30. The quantitative estimate of drug-likeness (QED) is 0.699. The zero-order valence-corrected chi connectivity index (χ0v) is 10.4. The molecule has 17 heavy (non-hydrogen) atoms. The minimum absolute atomic E-state index is 0.0624. The third kappa shape index (κ3) is 5.47. The first-order valence-electron chi connectivity index (χ1n) is 5.80. The van der Waals surface area contributed by atoms with Gasteiger partial charge >= 0.3 is 0 Å². The van der Waals surface area contributed by atoms with Crippen LogP contribution in [0, 0.1) is 5.92 Å². The molecule has 1 aromatic rings. The molecule has 1 atom stereocenters. The maximum atomic E-state index is 10.8. The van der Waals surface area contributed by atoms with Crippen molar-refractivity contribution in [3.05, 3.63) is 29.8 Å². The van der Waals surface area contributed by atoms with Crippen LogP contribution in [0.5, 0.6) is 0 Å². The molecule has 0 saturated heterocycles. The molecule has 4 heteroatoms. The van der Waals surface area contributed by atoms with Gasteiger partial charge in [0, 0.05) is 32.3 Å². The number of amides is 1. The van der Waals surface area contributed by atoms with Gasteiger partial charge < -0.3 is 15.7 Å². The lowest BCUT2D eigenvalue weighted by molar-refractivity contribution is -0.114. The molecule has 1 aromatic carbocycles. The summed E-state index contributed by atoms with van der Waals surface area (Å²) >= 11 is 0. The fraction of sp³-hybridized carbons (Fsp3) is 0.462. The van der Waals surface area contributed by atoms with Gasteiger partial charge in [-0.25, -0.2) is 0 Å².